The molecule has 2 heterocycles. The second kappa shape index (κ2) is 5.99. The Balaban J connectivity index is 2.22. The molecule has 0 radical (unpaired) electrons. The fourth-order valence-corrected chi connectivity index (χ4v) is 3.09. The average molecular weight is 256 g/mol. The van der Waals surface area contributed by atoms with Crippen molar-refractivity contribution in [2.45, 2.75) is 25.8 Å². The fraction of sp³-hybridized carbons (Fsp3) is 0.923. The number of esters is 1. The molecule has 0 amide bonds. The minimum atomic E-state index is -0.476. The molecule has 5 nitrogen and oxygen atoms in total. The molecule has 0 aromatic carbocycles. The Morgan fingerprint density at radius 3 is 2.83 bits per heavy atom. The van der Waals surface area contributed by atoms with Crippen molar-refractivity contribution in [1.82, 2.24) is 10.2 Å². The van der Waals surface area contributed by atoms with Gasteiger partial charge in [0.15, 0.2) is 0 Å². The Morgan fingerprint density at radius 1 is 1.50 bits per heavy atom. The lowest BCUT2D eigenvalue weighted by molar-refractivity contribution is -0.173. The molecule has 0 spiro atoms. The van der Waals surface area contributed by atoms with Crippen molar-refractivity contribution in [2.24, 2.45) is 5.92 Å². The van der Waals surface area contributed by atoms with E-state index in [0.717, 1.165) is 32.6 Å². The van der Waals surface area contributed by atoms with Crippen LogP contribution in [0.3, 0.4) is 0 Å². The summed E-state index contributed by atoms with van der Waals surface area (Å²) in [6, 6.07) is 0. The molecule has 0 bridgehead atoms. The van der Waals surface area contributed by atoms with E-state index >= 15 is 0 Å². The molecule has 2 rings (SSSR count). The van der Waals surface area contributed by atoms with Gasteiger partial charge in [-0.25, -0.2) is 0 Å². The summed E-state index contributed by atoms with van der Waals surface area (Å²) in [7, 11) is 0. The van der Waals surface area contributed by atoms with Gasteiger partial charge in [0.1, 0.15) is 5.54 Å². The zero-order valence-electron chi connectivity index (χ0n) is 11.4. The Kier molecular flexibility index (Phi) is 4.59. The Morgan fingerprint density at radius 2 is 2.22 bits per heavy atom. The second-order valence-electron chi connectivity index (χ2n) is 5.11. The van der Waals surface area contributed by atoms with Crippen LogP contribution in [0.25, 0.3) is 0 Å². The van der Waals surface area contributed by atoms with Crippen molar-refractivity contribution < 1.29 is 14.3 Å². The van der Waals surface area contributed by atoms with Gasteiger partial charge >= 0.3 is 5.97 Å². The number of nitrogens with zero attached hydrogens (tertiary/aromatic N) is 1. The third-order valence-corrected chi connectivity index (χ3v) is 4.12. The Labute approximate surface area is 109 Å². The first-order valence-electron chi connectivity index (χ1n) is 6.92. The summed E-state index contributed by atoms with van der Waals surface area (Å²) in [5, 5.41) is 3.33. The number of hydrogen-bond donors (Lipinski definition) is 1. The largest absolute Gasteiger partial charge is 0.465 e. The van der Waals surface area contributed by atoms with E-state index in [1.165, 1.54) is 0 Å². The lowest BCUT2D eigenvalue weighted by atomic mass is 9.79. The van der Waals surface area contributed by atoms with Crippen molar-refractivity contribution >= 4 is 5.97 Å². The number of rotatable bonds is 3. The van der Waals surface area contributed by atoms with Crippen molar-refractivity contribution in [1.29, 1.82) is 0 Å². The molecule has 0 saturated carbocycles. The van der Waals surface area contributed by atoms with Gasteiger partial charge < -0.3 is 14.8 Å². The molecule has 104 valence electrons. The quantitative estimate of drug-likeness (QED) is 0.734. The SMILES string of the molecule is CCOC(=O)C1(N2CCNCC2)CCOCC1C. The van der Waals surface area contributed by atoms with Crippen molar-refractivity contribution in [3.05, 3.63) is 0 Å². The summed E-state index contributed by atoms with van der Waals surface area (Å²) in [4.78, 5) is 14.8. The van der Waals surface area contributed by atoms with Gasteiger partial charge in [0.25, 0.3) is 0 Å². The third-order valence-electron chi connectivity index (χ3n) is 4.12. The minimum absolute atomic E-state index is 0.0669. The van der Waals surface area contributed by atoms with E-state index < -0.39 is 5.54 Å². The van der Waals surface area contributed by atoms with Gasteiger partial charge in [0.2, 0.25) is 0 Å². The first kappa shape index (κ1) is 13.8. The van der Waals surface area contributed by atoms with E-state index in [4.69, 9.17) is 9.47 Å². The summed E-state index contributed by atoms with van der Waals surface area (Å²) in [5.74, 6) is 0.117. The van der Waals surface area contributed by atoms with Crippen molar-refractivity contribution in [3.63, 3.8) is 0 Å². The summed E-state index contributed by atoms with van der Waals surface area (Å²) in [6.07, 6.45) is 0.743. The summed E-state index contributed by atoms with van der Waals surface area (Å²) < 4.78 is 10.9. The third kappa shape index (κ3) is 2.39. The first-order chi connectivity index (χ1) is 8.71. The van der Waals surface area contributed by atoms with Gasteiger partial charge in [0, 0.05) is 45.1 Å². The number of hydrogen-bond acceptors (Lipinski definition) is 5. The monoisotopic (exact) mass is 256 g/mol. The number of nitrogens with one attached hydrogen (secondary N) is 1. The van der Waals surface area contributed by atoms with E-state index in [2.05, 4.69) is 17.1 Å². The van der Waals surface area contributed by atoms with Gasteiger partial charge in [-0.05, 0) is 6.92 Å². The van der Waals surface area contributed by atoms with Crippen LogP contribution in [0.5, 0.6) is 0 Å². The zero-order chi connectivity index (χ0) is 13.0. The molecular weight excluding hydrogens is 232 g/mol. The number of carbonyl (C=O) groups is 1. The van der Waals surface area contributed by atoms with Crippen LogP contribution in [-0.2, 0) is 14.3 Å². The molecule has 2 saturated heterocycles. The van der Waals surface area contributed by atoms with Crippen LogP contribution >= 0.6 is 0 Å². The highest BCUT2D eigenvalue weighted by Gasteiger charge is 2.51. The summed E-state index contributed by atoms with van der Waals surface area (Å²) in [6.45, 7) is 9.39. The predicted molar refractivity (Wildman–Crippen MR) is 68.4 cm³/mol. The van der Waals surface area contributed by atoms with Crippen LogP contribution < -0.4 is 5.32 Å². The molecule has 1 N–H and O–H groups in total. The van der Waals surface area contributed by atoms with Crippen LogP contribution in [0.1, 0.15) is 20.3 Å². The van der Waals surface area contributed by atoms with Crippen LogP contribution in [0.2, 0.25) is 0 Å². The molecule has 0 aromatic rings. The van der Waals surface area contributed by atoms with Gasteiger partial charge in [-0.1, -0.05) is 6.92 Å². The maximum atomic E-state index is 12.5. The first-order valence-corrected chi connectivity index (χ1v) is 6.92. The summed E-state index contributed by atoms with van der Waals surface area (Å²) >= 11 is 0. The molecule has 2 aliphatic rings. The normalized spacial score (nSPS) is 34.2. The predicted octanol–water partition coefficient (Wildman–Crippen LogP) is 0.250. The maximum absolute atomic E-state index is 12.5. The van der Waals surface area contributed by atoms with E-state index in [-0.39, 0.29) is 11.9 Å². The highest BCUT2D eigenvalue weighted by molar-refractivity contribution is 5.81. The maximum Gasteiger partial charge on any atom is 0.327 e. The van der Waals surface area contributed by atoms with E-state index in [1.807, 2.05) is 6.92 Å². The molecule has 18 heavy (non-hydrogen) atoms. The lowest BCUT2D eigenvalue weighted by Gasteiger charge is -2.49. The fourth-order valence-electron chi connectivity index (χ4n) is 3.09. The van der Waals surface area contributed by atoms with Gasteiger partial charge in [0.05, 0.1) is 13.2 Å². The number of piperazine rings is 1. The molecular formula is C13H24N2O3. The molecule has 2 atom stereocenters. The summed E-state index contributed by atoms with van der Waals surface area (Å²) in [5.41, 5.74) is -0.476. The number of ether oxygens (including phenoxy) is 2. The average Bonchev–Trinajstić information content (AvgIpc) is 2.41. The van der Waals surface area contributed by atoms with Gasteiger partial charge in [-0.2, -0.15) is 0 Å². The molecule has 2 fully saturated rings. The van der Waals surface area contributed by atoms with Crippen LogP contribution in [0, 0.1) is 5.92 Å². The van der Waals surface area contributed by atoms with E-state index in [9.17, 15) is 4.79 Å². The van der Waals surface area contributed by atoms with E-state index in [0.29, 0.717) is 19.8 Å². The Bertz CT molecular complexity index is 292. The molecule has 0 aliphatic carbocycles. The topological polar surface area (TPSA) is 50.8 Å². The molecule has 2 aliphatic heterocycles. The van der Waals surface area contributed by atoms with Crippen molar-refractivity contribution in [3.8, 4) is 0 Å². The van der Waals surface area contributed by atoms with Crippen LogP contribution in [-0.4, -0.2) is 62.4 Å². The second-order valence-corrected chi connectivity index (χ2v) is 5.11. The molecule has 5 heteroatoms. The van der Waals surface area contributed by atoms with Gasteiger partial charge in [-0.3, -0.25) is 9.69 Å². The standard InChI is InChI=1S/C13H24N2O3/c1-3-18-12(16)13(4-9-17-10-11(13)2)15-7-5-14-6-8-15/h11,14H,3-10H2,1-2H3. The van der Waals surface area contributed by atoms with E-state index in [1.54, 1.807) is 0 Å². The number of carbonyl (C=O) groups excluding carboxylic acids is 1. The highest BCUT2D eigenvalue weighted by Crippen LogP contribution is 2.34. The van der Waals surface area contributed by atoms with Crippen molar-refractivity contribution in [2.75, 3.05) is 46.0 Å². The van der Waals surface area contributed by atoms with Crippen LogP contribution in [0.15, 0.2) is 0 Å². The molecule has 0 aromatic heterocycles. The smallest absolute Gasteiger partial charge is 0.327 e. The van der Waals surface area contributed by atoms with Crippen LogP contribution in [0.4, 0.5) is 0 Å². The lowest BCUT2D eigenvalue weighted by Crippen LogP contribution is -2.66. The Hall–Kier alpha value is -0.650. The highest BCUT2D eigenvalue weighted by atomic mass is 16.5. The van der Waals surface area contributed by atoms with Gasteiger partial charge in [-0.15, -0.1) is 0 Å². The zero-order valence-corrected chi connectivity index (χ0v) is 11.4. The molecule has 2 unspecified atom stereocenters. The minimum Gasteiger partial charge on any atom is -0.465 e.